The number of halogens is 2. The topological polar surface area (TPSA) is 12.9 Å². The van der Waals surface area contributed by atoms with E-state index in [4.69, 9.17) is 0 Å². The minimum absolute atomic E-state index is 0.234. The van der Waals surface area contributed by atoms with Gasteiger partial charge in [0.25, 0.3) is 0 Å². The van der Waals surface area contributed by atoms with Crippen LogP contribution in [0.4, 0.5) is 4.39 Å². The van der Waals surface area contributed by atoms with Gasteiger partial charge in [-0.05, 0) is 39.4 Å². The number of pyridine rings is 1. The summed E-state index contributed by atoms with van der Waals surface area (Å²) in [6.45, 7) is 8.11. The van der Waals surface area contributed by atoms with Gasteiger partial charge >= 0.3 is 0 Å². The normalized spacial score (nSPS) is 11.4. The van der Waals surface area contributed by atoms with Gasteiger partial charge in [0.2, 0.25) is 5.95 Å². The van der Waals surface area contributed by atoms with E-state index in [0.717, 1.165) is 15.7 Å². The zero-order valence-electron chi connectivity index (χ0n) is 8.94. The van der Waals surface area contributed by atoms with Crippen molar-refractivity contribution in [1.82, 2.24) is 4.98 Å². The van der Waals surface area contributed by atoms with E-state index in [-0.39, 0.29) is 11.9 Å². The summed E-state index contributed by atoms with van der Waals surface area (Å²) in [7, 11) is 0. The smallest absolute Gasteiger partial charge is 0.213 e. The molecular weight excluding hydrogens is 245 g/mol. The Morgan fingerprint density at radius 1 is 1.21 bits per heavy atom. The quantitative estimate of drug-likeness (QED) is 0.725. The molecule has 1 rings (SSSR count). The highest BCUT2D eigenvalue weighted by atomic mass is 79.9. The average molecular weight is 260 g/mol. The zero-order valence-corrected chi connectivity index (χ0v) is 10.5. The molecule has 0 aliphatic carbocycles. The van der Waals surface area contributed by atoms with Gasteiger partial charge in [0.1, 0.15) is 0 Å². The summed E-state index contributed by atoms with van der Waals surface area (Å²) in [5.74, 6) is 0.151. The molecule has 14 heavy (non-hydrogen) atoms. The predicted molar refractivity (Wildman–Crippen MR) is 60.1 cm³/mol. The maximum absolute atomic E-state index is 13.2. The lowest BCUT2D eigenvalue weighted by Crippen LogP contribution is -2.02. The van der Waals surface area contributed by atoms with Gasteiger partial charge in [0, 0.05) is 4.47 Å². The van der Waals surface area contributed by atoms with E-state index < -0.39 is 0 Å². The van der Waals surface area contributed by atoms with Crippen molar-refractivity contribution in [2.75, 3.05) is 0 Å². The molecule has 0 radical (unpaired) electrons. The minimum atomic E-state index is -0.388. The molecule has 1 heterocycles. The van der Waals surface area contributed by atoms with Crippen molar-refractivity contribution < 1.29 is 4.39 Å². The highest BCUT2D eigenvalue weighted by Gasteiger charge is 2.14. The van der Waals surface area contributed by atoms with Crippen molar-refractivity contribution in [3.8, 4) is 0 Å². The van der Waals surface area contributed by atoms with Crippen molar-refractivity contribution in [1.29, 1.82) is 0 Å². The van der Waals surface area contributed by atoms with Crippen LogP contribution in [-0.4, -0.2) is 4.98 Å². The molecule has 0 aliphatic rings. The van der Waals surface area contributed by atoms with Gasteiger partial charge < -0.3 is 0 Å². The second-order valence-corrected chi connectivity index (χ2v) is 4.84. The number of aromatic nitrogens is 1. The van der Waals surface area contributed by atoms with E-state index in [1.807, 2.05) is 27.7 Å². The highest BCUT2D eigenvalue weighted by Crippen LogP contribution is 2.31. The molecule has 0 saturated heterocycles. The van der Waals surface area contributed by atoms with Crippen molar-refractivity contribution in [2.45, 2.75) is 39.5 Å². The fourth-order valence-corrected chi connectivity index (χ4v) is 2.46. The van der Waals surface area contributed by atoms with Crippen LogP contribution in [0.3, 0.4) is 0 Å². The molecule has 0 saturated carbocycles. The van der Waals surface area contributed by atoms with Crippen LogP contribution in [0, 0.1) is 5.95 Å². The Kier molecular flexibility index (Phi) is 3.65. The molecule has 0 aliphatic heterocycles. The molecular formula is C11H15BrFN. The number of hydrogen-bond acceptors (Lipinski definition) is 1. The van der Waals surface area contributed by atoms with E-state index in [9.17, 15) is 4.39 Å². The highest BCUT2D eigenvalue weighted by molar-refractivity contribution is 9.10. The van der Waals surface area contributed by atoms with Gasteiger partial charge in [0.05, 0.1) is 5.69 Å². The van der Waals surface area contributed by atoms with E-state index in [1.54, 1.807) is 0 Å². The zero-order chi connectivity index (χ0) is 10.9. The van der Waals surface area contributed by atoms with E-state index in [1.165, 1.54) is 6.07 Å². The van der Waals surface area contributed by atoms with Crippen LogP contribution in [0.15, 0.2) is 10.5 Å². The summed E-state index contributed by atoms with van der Waals surface area (Å²) >= 11 is 3.49. The summed E-state index contributed by atoms with van der Waals surface area (Å²) in [5, 5.41) is 0. The number of hydrogen-bond donors (Lipinski definition) is 0. The summed E-state index contributed by atoms with van der Waals surface area (Å²) < 4.78 is 14.1. The van der Waals surface area contributed by atoms with Crippen LogP contribution in [-0.2, 0) is 0 Å². The molecule has 1 aromatic heterocycles. The Morgan fingerprint density at radius 3 is 2.21 bits per heavy atom. The summed E-state index contributed by atoms with van der Waals surface area (Å²) in [6, 6.07) is 1.50. The Bertz CT molecular complexity index is 305. The third kappa shape index (κ3) is 2.32. The summed E-state index contributed by atoms with van der Waals surface area (Å²) in [6.07, 6.45) is 0. The van der Waals surface area contributed by atoms with Crippen LogP contribution in [0.25, 0.3) is 0 Å². The fourth-order valence-electron chi connectivity index (χ4n) is 1.34. The molecule has 0 unspecified atom stereocenters. The first-order valence-electron chi connectivity index (χ1n) is 4.79. The molecule has 0 N–H and O–H groups in total. The second-order valence-electron chi connectivity index (χ2n) is 4.04. The average Bonchev–Trinajstić information content (AvgIpc) is 2.07. The van der Waals surface area contributed by atoms with Gasteiger partial charge in [-0.25, -0.2) is 4.98 Å². The Labute approximate surface area is 92.9 Å². The SMILES string of the molecule is CC(C)c1cc(F)nc(C(C)C)c1Br. The third-order valence-corrected chi connectivity index (χ3v) is 3.01. The largest absolute Gasteiger partial charge is 0.223 e. The Hall–Kier alpha value is -0.440. The molecule has 0 aromatic carbocycles. The molecule has 0 atom stereocenters. The first-order valence-corrected chi connectivity index (χ1v) is 5.58. The number of rotatable bonds is 2. The van der Waals surface area contributed by atoms with E-state index in [2.05, 4.69) is 20.9 Å². The van der Waals surface area contributed by atoms with Crippen LogP contribution >= 0.6 is 15.9 Å². The summed E-state index contributed by atoms with van der Waals surface area (Å²) in [4.78, 5) is 3.90. The maximum atomic E-state index is 13.2. The maximum Gasteiger partial charge on any atom is 0.213 e. The van der Waals surface area contributed by atoms with Crippen molar-refractivity contribution in [3.63, 3.8) is 0 Å². The Morgan fingerprint density at radius 2 is 1.79 bits per heavy atom. The molecule has 0 amide bonds. The molecule has 0 bridgehead atoms. The summed E-state index contributed by atoms with van der Waals surface area (Å²) in [5.41, 5.74) is 1.79. The fraction of sp³-hybridized carbons (Fsp3) is 0.545. The van der Waals surface area contributed by atoms with Gasteiger partial charge in [-0.3, -0.25) is 0 Å². The predicted octanol–water partition coefficient (Wildman–Crippen LogP) is 4.23. The lowest BCUT2D eigenvalue weighted by atomic mass is 10.0. The van der Waals surface area contributed by atoms with Crippen LogP contribution in [0.2, 0.25) is 0 Å². The van der Waals surface area contributed by atoms with Crippen molar-refractivity contribution in [3.05, 3.63) is 27.7 Å². The molecule has 0 spiro atoms. The molecule has 1 aromatic rings. The lowest BCUT2D eigenvalue weighted by molar-refractivity contribution is 0.565. The minimum Gasteiger partial charge on any atom is -0.223 e. The molecule has 0 fully saturated rings. The molecule has 3 heteroatoms. The van der Waals surface area contributed by atoms with Gasteiger partial charge in [-0.2, -0.15) is 4.39 Å². The van der Waals surface area contributed by atoms with E-state index in [0.29, 0.717) is 5.92 Å². The first kappa shape index (κ1) is 11.6. The Balaban J connectivity index is 3.32. The van der Waals surface area contributed by atoms with Gasteiger partial charge in [0.15, 0.2) is 0 Å². The standard InChI is InChI=1S/C11H15BrFN/c1-6(2)8-5-9(13)14-11(7(3)4)10(8)12/h5-7H,1-4H3. The van der Waals surface area contributed by atoms with Crippen molar-refractivity contribution >= 4 is 15.9 Å². The monoisotopic (exact) mass is 259 g/mol. The van der Waals surface area contributed by atoms with Crippen LogP contribution < -0.4 is 0 Å². The number of nitrogens with zero attached hydrogens (tertiary/aromatic N) is 1. The van der Waals surface area contributed by atoms with Crippen LogP contribution in [0.1, 0.15) is 50.8 Å². The van der Waals surface area contributed by atoms with Gasteiger partial charge in [-0.1, -0.05) is 27.7 Å². The lowest BCUT2D eigenvalue weighted by Gasteiger charge is -2.14. The second kappa shape index (κ2) is 4.39. The first-order chi connectivity index (χ1) is 6.43. The molecule has 78 valence electrons. The third-order valence-electron chi connectivity index (χ3n) is 2.15. The van der Waals surface area contributed by atoms with Gasteiger partial charge in [-0.15, -0.1) is 0 Å². The van der Waals surface area contributed by atoms with Crippen molar-refractivity contribution in [2.24, 2.45) is 0 Å². The molecule has 1 nitrogen and oxygen atoms in total. The van der Waals surface area contributed by atoms with Crippen LogP contribution in [0.5, 0.6) is 0 Å². The van der Waals surface area contributed by atoms with E-state index >= 15 is 0 Å².